The molecule has 38 heavy (non-hydrogen) atoms. The van der Waals surface area contributed by atoms with Crippen LogP contribution in [0.1, 0.15) is 44.8 Å². The molecule has 0 aliphatic heterocycles. The fourth-order valence-electron chi connectivity index (χ4n) is 4.42. The zero-order chi connectivity index (χ0) is 26.5. The van der Waals surface area contributed by atoms with Crippen LogP contribution in [0, 0.1) is 0 Å². The van der Waals surface area contributed by atoms with Crippen LogP contribution < -0.4 is 14.8 Å². The molecule has 0 unspecified atom stereocenters. The summed E-state index contributed by atoms with van der Waals surface area (Å²) in [5.41, 5.74) is 4.40. The van der Waals surface area contributed by atoms with Gasteiger partial charge in [0.15, 0.2) is 11.5 Å². The maximum absolute atomic E-state index is 13.4. The van der Waals surface area contributed by atoms with Gasteiger partial charge < -0.3 is 14.8 Å². The molecule has 8 heteroatoms. The zero-order valence-corrected chi connectivity index (χ0v) is 24.0. The van der Waals surface area contributed by atoms with Crippen LogP contribution in [0.25, 0.3) is 0 Å². The number of para-hydroxylation sites is 1. The average molecular weight is 610 g/mol. The van der Waals surface area contributed by atoms with Gasteiger partial charge in [-0.1, -0.05) is 41.9 Å². The summed E-state index contributed by atoms with van der Waals surface area (Å²) in [7, 11) is 1.61. The lowest BCUT2D eigenvalue weighted by atomic mass is 9.95. The summed E-state index contributed by atoms with van der Waals surface area (Å²) in [5, 5.41) is 4.45. The second-order valence-electron chi connectivity index (χ2n) is 8.92. The van der Waals surface area contributed by atoms with Gasteiger partial charge in [-0.2, -0.15) is 0 Å². The molecule has 1 heterocycles. The number of amides is 1. The Balaban J connectivity index is 1.40. The highest BCUT2D eigenvalue weighted by Gasteiger charge is 2.25. The van der Waals surface area contributed by atoms with E-state index in [1.54, 1.807) is 24.7 Å². The first-order valence-corrected chi connectivity index (χ1v) is 14.3. The van der Waals surface area contributed by atoms with Gasteiger partial charge in [-0.15, -0.1) is 11.3 Å². The lowest BCUT2D eigenvalue weighted by Crippen LogP contribution is -2.14. The summed E-state index contributed by atoms with van der Waals surface area (Å²) < 4.78 is 12.4. The predicted molar refractivity (Wildman–Crippen MR) is 159 cm³/mol. The monoisotopic (exact) mass is 608 g/mol. The van der Waals surface area contributed by atoms with Crippen molar-refractivity contribution in [1.29, 1.82) is 0 Å². The summed E-state index contributed by atoms with van der Waals surface area (Å²) in [6.45, 7) is 0.375. The molecule has 5 nitrogen and oxygen atoms in total. The standard InChI is InChI=1S/C30H26BrClN2O3S/c1-36-25-16-20(15-24(31)28(25)37-18-19-11-13-21(32)14-12-19)17-33-30-27(23-9-5-6-10-26(23)38-30)29(35)34-22-7-3-2-4-8-22/h2-4,7-8,11-17H,5-6,9-10,18H2,1H3,(H,34,35). The van der Waals surface area contributed by atoms with E-state index in [4.69, 9.17) is 26.1 Å². The van der Waals surface area contributed by atoms with E-state index < -0.39 is 0 Å². The molecule has 0 spiro atoms. The Morgan fingerprint density at radius 3 is 2.63 bits per heavy atom. The number of hydrogen-bond acceptors (Lipinski definition) is 5. The van der Waals surface area contributed by atoms with Gasteiger partial charge in [0.05, 0.1) is 17.1 Å². The van der Waals surface area contributed by atoms with Crippen molar-refractivity contribution >= 4 is 61.7 Å². The lowest BCUT2D eigenvalue weighted by Gasteiger charge is -2.14. The van der Waals surface area contributed by atoms with E-state index in [9.17, 15) is 4.79 Å². The number of nitrogens with zero attached hydrogens (tertiary/aromatic N) is 1. The molecule has 5 rings (SSSR count). The van der Waals surface area contributed by atoms with E-state index in [2.05, 4.69) is 21.2 Å². The highest BCUT2D eigenvalue weighted by atomic mass is 79.9. The third-order valence-corrected chi connectivity index (χ3v) is 8.33. The van der Waals surface area contributed by atoms with Crippen LogP contribution in [0.3, 0.4) is 0 Å². The van der Waals surface area contributed by atoms with E-state index in [0.717, 1.165) is 57.5 Å². The van der Waals surface area contributed by atoms with Crippen LogP contribution in [0.15, 0.2) is 76.2 Å². The molecule has 0 radical (unpaired) electrons. The minimum absolute atomic E-state index is 0.118. The van der Waals surface area contributed by atoms with Crippen molar-refractivity contribution in [2.24, 2.45) is 4.99 Å². The Bertz CT molecular complexity index is 1470. The number of carbonyl (C=O) groups is 1. The molecule has 0 saturated heterocycles. The summed E-state index contributed by atoms with van der Waals surface area (Å²) >= 11 is 11.2. The smallest absolute Gasteiger partial charge is 0.259 e. The first-order valence-electron chi connectivity index (χ1n) is 12.3. The van der Waals surface area contributed by atoms with Crippen molar-refractivity contribution < 1.29 is 14.3 Å². The maximum Gasteiger partial charge on any atom is 0.259 e. The van der Waals surface area contributed by atoms with Gasteiger partial charge in [0.1, 0.15) is 11.6 Å². The minimum atomic E-state index is -0.118. The molecule has 1 aliphatic rings. The number of carbonyl (C=O) groups excluding carboxylic acids is 1. The predicted octanol–water partition coefficient (Wildman–Crippen LogP) is 8.63. The Hall–Kier alpha value is -3.13. The third-order valence-electron chi connectivity index (χ3n) is 6.29. The first-order chi connectivity index (χ1) is 18.5. The van der Waals surface area contributed by atoms with Gasteiger partial charge in [-0.3, -0.25) is 4.79 Å². The van der Waals surface area contributed by atoms with Crippen molar-refractivity contribution in [3.8, 4) is 11.5 Å². The number of nitrogens with one attached hydrogen (secondary N) is 1. The van der Waals surface area contributed by atoms with Crippen molar-refractivity contribution in [3.05, 3.63) is 103 Å². The molecule has 4 aromatic rings. The molecule has 0 saturated carbocycles. The van der Waals surface area contributed by atoms with Crippen molar-refractivity contribution in [3.63, 3.8) is 0 Å². The normalized spacial score (nSPS) is 12.8. The van der Waals surface area contributed by atoms with Crippen LogP contribution in [-0.2, 0) is 19.4 Å². The van der Waals surface area contributed by atoms with E-state index in [0.29, 0.717) is 28.7 Å². The minimum Gasteiger partial charge on any atom is -0.493 e. The Morgan fingerprint density at radius 1 is 1.11 bits per heavy atom. The number of benzene rings is 3. The molecule has 0 bridgehead atoms. The van der Waals surface area contributed by atoms with E-state index >= 15 is 0 Å². The molecule has 1 amide bonds. The Kier molecular flexibility index (Phi) is 8.47. The third kappa shape index (κ3) is 6.12. The second-order valence-corrected chi connectivity index (χ2v) is 11.3. The number of aliphatic imine (C=N–C) groups is 1. The van der Waals surface area contributed by atoms with Gasteiger partial charge in [0.25, 0.3) is 5.91 Å². The van der Waals surface area contributed by atoms with Crippen LogP contribution in [-0.4, -0.2) is 19.2 Å². The molecule has 1 aliphatic carbocycles. The average Bonchev–Trinajstić information content (AvgIpc) is 3.31. The summed E-state index contributed by atoms with van der Waals surface area (Å²) in [5.74, 6) is 1.07. The fraction of sp³-hybridized carbons (Fsp3) is 0.200. The molecule has 1 N–H and O–H groups in total. The van der Waals surface area contributed by atoms with Gasteiger partial charge in [-0.05, 0) is 94.7 Å². The van der Waals surface area contributed by atoms with Gasteiger partial charge in [0.2, 0.25) is 0 Å². The molecular formula is C30H26BrClN2O3S. The fourth-order valence-corrected chi connectivity index (χ4v) is 6.35. The lowest BCUT2D eigenvalue weighted by molar-refractivity contribution is 0.102. The summed E-state index contributed by atoms with van der Waals surface area (Å²) in [4.78, 5) is 19.4. The topological polar surface area (TPSA) is 59.9 Å². The zero-order valence-electron chi connectivity index (χ0n) is 20.8. The highest BCUT2D eigenvalue weighted by molar-refractivity contribution is 9.10. The van der Waals surface area contributed by atoms with Crippen molar-refractivity contribution in [1.82, 2.24) is 0 Å². The number of ether oxygens (including phenoxy) is 2. The quantitative estimate of drug-likeness (QED) is 0.203. The first kappa shape index (κ1) is 26.5. The molecular weight excluding hydrogens is 584 g/mol. The number of anilines is 1. The SMILES string of the molecule is COc1cc(C=Nc2sc3c(c2C(=O)Nc2ccccc2)CCCC3)cc(Br)c1OCc1ccc(Cl)cc1. The van der Waals surface area contributed by atoms with Gasteiger partial charge >= 0.3 is 0 Å². The molecule has 3 aromatic carbocycles. The van der Waals surface area contributed by atoms with Crippen LogP contribution in [0.2, 0.25) is 5.02 Å². The number of aryl methyl sites for hydroxylation is 1. The van der Waals surface area contributed by atoms with Crippen LogP contribution in [0.5, 0.6) is 11.5 Å². The number of methoxy groups -OCH3 is 1. The number of fused-ring (bicyclic) bond motifs is 1. The summed E-state index contributed by atoms with van der Waals surface area (Å²) in [6.07, 6.45) is 5.88. The highest BCUT2D eigenvalue weighted by Crippen LogP contribution is 2.41. The van der Waals surface area contributed by atoms with E-state index in [1.807, 2.05) is 66.7 Å². The maximum atomic E-state index is 13.4. The number of halogens is 2. The second kappa shape index (κ2) is 12.2. The molecule has 0 fully saturated rings. The van der Waals surface area contributed by atoms with Crippen LogP contribution >= 0.6 is 38.9 Å². The number of thiophene rings is 1. The van der Waals surface area contributed by atoms with E-state index in [-0.39, 0.29) is 5.91 Å². The Morgan fingerprint density at radius 2 is 1.87 bits per heavy atom. The Labute approximate surface area is 239 Å². The van der Waals surface area contributed by atoms with Crippen molar-refractivity contribution in [2.45, 2.75) is 32.3 Å². The van der Waals surface area contributed by atoms with Crippen LogP contribution in [0.4, 0.5) is 10.7 Å². The largest absolute Gasteiger partial charge is 0.493 e. The molecule has 0 atom stereocenters. The van der Waals surface area contributed by atoms with Gasteiger partial charge in [-0.25, -0.2) is 4.99 Å². The van der Waals surface area contributed by atoms with E-state index in [1.165, 1.54) is 4.88 Å². The number of hydrogen-bond donors (Lipinski definition) is 1. The van der Waals surface area contributed by atoms with Gasteiger partial charge in [0, 0.05) is 21.8 Å². The summed E-state index contributed by atoms with van der Waals surface area (Å²) in [6, 6.07) is 20.9. The van der Waals surface area contributed by atoms with Crippen molar-refractivity contribution in [2.75, 3.05) is 12.4 Å². The molecule has 194 valence electrons. The molecule has 1 aromatic heterocycles. The number of rotatable bonds is 8.